The van der Waals surface area contributed by atoms with E-state index in [-0.39, 0.29) is 5.91 Å². The monoisotopic (exact) mass is 358 g/mol. The number of benzene rings is 1. The van der Waals surface area contributed by atoms with Crippen LogP contribution in [0.3, 0.4) is 0 Å². The summed E-state index contributed by atoms with van der Waals surface area (Å²) in [7, 11) is 1.34. The molecule has 132 valence electrons. The number of esters is 1. The van der Waals surface area contributed by atoms with Crippen LogP contribution in [0.15, 0.2) is 41.8 Å². The zero-order chi connectivity index (χ0) is 17.6. The lowest BCUT2D eigenvalue weighted by Gasteiger charge is -2.34. The Morgan fingerprint density at radius 2 is 1.84 bits per heavy atom. The number of thiophene rings is 1. The van der Waals surface area contributed by atoms with Crippen LogP contribution < -0.4 is 0 Å². The molecule has 0 N–H and O–H groups in total. The van der Waals surface area contributed by atoms with Gasteiger partial charge in [0, 0.05) is 43.2 Å². The fourth-order valence-electron chi connectivity index (χ4n) is 2.98. The van der Waals surface area contributed by atoms with Crippen LogP contribution in [0, 0.1) is 0 Å². The molecular weight excluding hydrogens is 336 g/mol. The van der Waals surface area contributed by atoms with Crippen LogP contribution in [0.5, 0.6) is 0 Å². The van der Waals surface area contributed by atoms with Crippen LogP contribution in [0.2, 0.25) is 0 Å². The van der Waals surface area contributed by atoms with Crippen LogP contribution in [0.1, 0.15) is 25.6 Å². The second-order valence-electron chi connectivity index (χ2n) is 6.04. The molecule has 0 radical (unpaired) electrons. The van der Waals surface area contributed by atoms with Crippen LogP contribution in [-0.2, 0) is 11.2 Å². The van der Waals surface area contributed by atoms with E-state index in [2.05, 4.69) is 22.4 Å². The minimum atomic E-state index is -0.423. The summed E-state index contributed by atoms with van der Waals surface area (Å²) in [5.41, 5.74) is 0.942. The SMILES string of the molecule is COC(=O)c1cccc(C(=O)N2CCN(CCc3cccs3)CC2)c1. The molecule has 25 heavy (non-hydrogen) atoms. The molecule has 3 rings (SSSR count). The number of carbonyl (C=O) groups excluding carboxylic acids is 2. The van der Waals surface area contributed by atoms with Gasteiger partial charge in [-0.2, -0.15) is 0 Å². The molecule has 6 heteroatoms. The average Bonchev–Trinajstić information content (AvgIpc) is 3.19. The maximum Gasteiger partial charge on any atom is 0.337 e. The van der Waals surface area contributed by atoms with Crippen LogP contribution >= 0.6 is 11.3 Å². The number of methoxy groups -OCH3 is 1. The first kappa shape index (κ1) is 17.6. The normalized spacial score (nSPS) is 15.2. The molecule has 0 aliphatic carbocycles. The van der Waals surface area contributed by atoms with Crippen molar-refractivity contribution in [1.29, 1.82) is 0 Å². The van der Waals surface area contributed by atoms with Gasteiger partial charge in [0.25, 0.3) is 5.91 Å². The molecule has 1 saturated heterocycles. The molecule has 1 aromatic heterocycles. The maximum absolute atomic E-state index is 12.7. The van der Waals surface area contributed by atoms with E-state index >= 15 is 0 Å². The van der Waals surface area contributed by atoms with Gasteiger partial charge in [-0.05, 0) is 36.1 Å². The van der Waals surface area contributed by atoms with Crippen molar-refractivity contribution < 1.29 is 14.3 Å². The molecule has 5 nitrogen and oxygen atoms in total. The highest BCUT2D eigenvalue weighted by atomic mass is 32.1. The first-order valence-electron chi connectivity index (χ1n) is 8.40. The van der Waals surface area contributed by atoms with Gasteiger partial charge >= 0.3 is 5.97 Å². The van der Waals surface area contributed by atoms with Crippen molar-refractivity contribution in [2.75, 3.05) is 39.8 Å². The lowest BCUT2D eigenvalue weighted by molar-refractivity contribution is 0.0600. The Morgan fingerprint density at radius 1 is 1.08 bits per heavy atom. The van der Waals surface area contributed by atoms with Crippen molar-refractivity contribution in [2.45, 2.75) is 6.42 Å². The number of amides is 1. The first-order valence-corrected chi connectivity index (χ1v) is 9.28. The topological polar surface area (TPSA) is 49.9 Å². The van der Waals surface area contributed by atoms with Gasteiger partial charge in [0.15, 0.2) is 0 Å². The summed E-state index contributed by atoms with van der Waals surface area (Å²) in [5.74, 6) is -0.447. The summed E-state index contributed by atoms with van der Waals surface area (Å²) in [6, 6.07) is 11.0. The van der Waals surface area contributed by atoms with Gasteiger partial charge in [-0.1, -0.05) is 12.1 Å². The summed E-state index contributed by atoms with van der Waals surface area (Å²) in [6.07, 6.45) is 1.06. The molecule has 2 aromatic rings. The predicted octanol–water partition coefficient (Wildman–Crippen LogP) is 2.54. The van der Waals surface area contributed by atoms with Crippen molar-refractivity contribution in [1.82, 2.24) is 9.80 Å². The fraction of sp³-hybridized carbons (Fsp3) is 0.368. The minimum Gasteiger partial charge on any atom is -0.465 e. The molecule has 1 amide bonds. The standard InChI is InChI=1S/C19H22N2O3S/c1-24-19(23)16-5-2-4-15(14-16)18(22)21-11-9-20(10-12-21)8-7-17-6-3-13-25-17/h2-6,13-14H,7-12H2,1H3. The zero-order valence-electron chi connectivity index (χ0n) is 14.3. The lowest BCUT2D eigenvalue weighted by Crippen LogP contribution is -2.49. The van der Waals surface area contributed by atoms with Gasteiger partial charge in [-0.25, -0.2) is 4.79 Å². The number of nitrogens with zero attached hydrogens (tertiary/aromatic N) is 2. The van der Waals surface area contributed by atoms with Gasteiger partial charge in [-0.3, -0.25) is 9.69 Å². The smallest absolute Gasteiger partial charge is 0.337 e. The number of ether oxygens (including phenoxy) is 1. The van der Waals surface area contributed by atoms with Gasteiger partial charge < -0.3 is 9.64 Å². The largest absolute Gasteiger partial charge is 0.465 e. The van der Waals surface area contributed by atoms with Crippen molar-refractivity contribution in [2.24, 2.45) is 0 Å². The van der Waals surface area contributed by atoms with Gasteiger partial charge in [0.2, 0.25) is 0 Å². The quantitative estimate of drug-likeness (QED) is 0.771. The average molecular weight is 358 g/mol. The Morgan fingerprint density at radius 3 is 2.52 bits per heavy atom. The Hall–Kier alpha value is -2.18. The molecule has 0 atom stereocenters. The summed E-state index contributed by atoms with van der Waals surface area (Å²) in [6.45, 7) is 4.22. The van der Waals surface area contributed by atoms with E-state index in [1.165, 1.54) is 12.0 Å². The van der Waals surface area contributed by atoms with E-state index in [9.17, 15) is 9.59 Å². The second-order valence-corrected chi connectivity index (χ2v) is 7.07. The van der Waals surface area contributed by atoms with E-state index < -0.39 is 5.97 Å². The minimum absolute atomic E-state index is 0.0244. The van der Waals surface area contributed by atoms with E-state index in [1.807, 2.05) is 4.90 Å². The Balaban J connectivity index is 1.53. The third-order valence-corrected chi connectivity index (χ3v) is 5.38. The molecule has 1 fully saturated rings. The van der Waals surface area contributed by atoms with E-state index in [0.717, 1.165) is 26.1 Å². The molecule has 0 saturated carbocycles. The second kappa shape index (κ2) is 8.27. The lowest BCUT2D eigenvalue weighted by atomic mass is 10.1. The summed E-state index contributed by atoms with van der Waals surface area (Å²) < 4.78 is 4.72. The molecular formula is C19H22N2O3S. The number of piperazine rings is 1. The number of carbonyl (C=O) groups is 2. The van der Waals surface area contributed by atoms with Gasteiger partial charge in [0.1, 0.15) is 0 Å². The predicted molar refractivity (Wildman–Crippen MR) is 98.1 cm³/mol. The van der Waals surface area contributed by atoms with Gasteiger partial charge in [-0.15, -0.1) is 11.3 Å². The number of hydrogen-bond acceptors (Lipinski definition) is 5. The molecule has 0 unspecified atom stereocenters. The van der Waals surface area contributed by atoms with Crippen LogP contribution in [0.4, 0.5) is 0 Å². The highest BCUT2D eigenvalue weighted by Gasteiger charge is 2.22. The molecule has 1 aromatic carbocycles. The first-order chi connectivity index (χ1) is 12.2. The van der Waals surface area contributed by atoms with E-state index in [0.29, 0.717) is 24.2 Å². The molecule has 1 aliphatic heterocycles. The molecule has 2 heterocycles. The summed E-state index contributed by atoms with van der Waals surface area (Å²) >= 11 is 1.79. The fourth-order valence-corrected chi connectivity index (χ4v) is 3.68. The Labute approximate surface area is 151 Å². The molecule has 0 bridgehead atoms. The third-order valence-electron chi connectivity index (χ3n) is 4.44. The molecule has 0 spiro atoms. The van der Waals surface area contributed by atoms with Crippen LogP contribution in [0.25, 0.3) is 0 Å². The van der Waals surface area contributed by atoms with Crippen molar-refractivity contribution in [3.63, 3.8) is 0 Å². The van der Waals surface area contributed by atoms with E-state index in [1.54, 1.807) is 35.6 Å². The Kier molecular flexibility index (Phi) is 5.83. The third kappa shape index (κ3) is 4.46. The maximum atomic E-state index is 12.7. The van der Waals surface area contributed by atoms with Crippen molar-refractivity contribution >= 4 is 23.2 Å². The molecule has 1 aliphatic rings. The summed E-state index contributed by atoms with van der Waals surface area (Å²) in [4.78, 5) is 30.0. The number of rotatable bonds is 5. The van der Waals surface area contributed by atoms with Crippen LogP contribution in [-0.4, -0.2) is 61.5 Å². The van der Waals surface area contributed by atoms with Gasteiger partial charge in [0.05, 0.1) is 12.7 Å². The number of hydrogen-bond donors (Lipinski definition) is 0. The van der Waals surface area contributed by atoms with Crippen molar-refractivity contribution in [3.05, 3.63) is 57.8 Å². The van der Waals surface area contributed by atoms with Crippen molar-refractivity contribution in [3.8, 4) is 0 Å². The summed E-state index contributed by atoms with van der Waals surface area (Å²) in [5, 5.41) is 2.11. The zero-order valence-corrected chi connectivity index (χ0v) is 15.1. The highest BCUT2D eigenvalue weighted by Crippen LogP contribution is 2.14. The highest BCUT2D eigenvalue weighted by molar-refractivity contribution is 7.09. The van der Waals surface area contributed by atoms with E-state index in [4.69, 9.17) is 4.74 Å². The Bertz CT molecular complexity index is 722.